The van der Waals surface area contributed by atoms with Gasteiger partial charge in [-0.1, -0.05) is 15.9 Å². The molecule has 8 heteroatoms. The largest absolute Gasteiger partial charge is 0.457 e. The second-order valence-electron chi connectivity index (χ2n) is 6.50. The van der Waals surface area contributed by atoms with Crippen LogP contribution in [0.4, 0.5) is 5.69 Å². The topological polar surface area (TPSA) is 79.9 Å². The number of hydrogen-bond donors (Lipinski definition) is 2. The quantitative estimate of drug-likeness (QED) is 0.499. The molecule has 0 radical (unpaired) electrons. The summed E-state index contributed by atoms with van der Waals surface area (Å²) in [4.78, 5) is 25.7. The van der Waals surface area contributed by atoms with Crippen molar-refractivity contribution in [3.05, 3.63) is 53.0 Å². The predicted molar refractivity (Wildman–Crippen MR) is 116 cm³/mol. The van der Waals surface area contributed by atoms with Crippen LogP contribution in [0.1, 0.15) is 6.42 Å². The molecule has 7 nitrogen and oxygen atoms in total. The molecule has 0 unspecified atom stereocenters. The Morgan fingerprint density at radius 3 is 2.17 bits per heavy atom. The molecule has 29 heavy (non-hydrogen) atoms. The summed E-state index contributed by atoms with van der Waals surface area (Å²) in [5.41, 5.74) is 0.663. The molecule has 0 aliphatic heterocycles. The van der Waals surface area contributed by atoms with Crippen LogP contribution < -0.4 is 15.4 Å². The van der Waals surface area contributed by atoms with Crippen molar-refractivity contribution >= 4 is 33.4 Å². The third kappa shape index (κ3) is 9.08. The lowest BCUT2D eigenvalue weighted by Gasteiger charge is -2.16. The number of likely N-dealkylation sites (N-methyl/N-ethyl adjacent to an activating group) is 1. The van der Waals surface area contributed by atoms with Crippen LogP contribution in [-0.4, -0.2) is 57.1 Å². The van der Waals surface area contributed by atoms with Crippen molar-refractivity contribution in [2.24, 2.45) is 0 Å². The Hall–Kier alpha value is -2.42. The van der Waals surface area contributed by atoms with Crippen LogP contribution in [0.15, 0.2) is 53.0 Å². The molecule has 0 bridgehead atoms. The van der Waals surface area contributed by atoms with E-state index < -0.39 is 0 Å². The fourth-order valence-electron chi connectivity index (χ4n) is 2.49. The minimum absolute atomic E-state index is 0.114. The first-order valence-electron chi connectivity index (χ1n) is 9.24. The minimum Gasteiger partial charge on any atom is -0.457 e. The van der Waals surface area contributed by atoms with Crippen LogP contribution in [0.3, 0.4) is 0 Å². The van der Waals surface area contributed by atoms with Gasteiger partial charge in [0, 0.05) is 30.4 Å². The van der Waals surface area contributed by atoms with Gasteiger partial charge in [0.1, 0.15) is 11.5 Å². The van der Waals surface area contributed by atoms with Crippen LogP contribution in [-0.2, 0) is 14.3 Å². The summed E-state index contributed by atoms with van der Waals surface area (Å²) in [6, 6.07) is 14.7. The fourth-order valence-corrected chi connectivity index (χ4v) is 2.76. The van der Waals surface area contributed by atoms with Gasteiger partial charge in [-0.2, -0.15) is 0 Å². The molecular weight excluding hydrogens is 438 g/mol. The third-order valence-electron chi connectivity index (χ3n) is 3.86. The Balaban J connectivity index is 1.74. The van der Waals surface area contributed by atoms with Crippen LogP contribution in [0.25, 0.3) is 0 Å². The number of anilines is 1. The fraction of sp³-hybridized carbons (Fsp3) is 0.333. The van der Waals surface area contributed by atoms with Crippen LogP contribution >= 0.6 is 15.9 Å². The molecule has 0 aromatic heterocycles. The summed E-state index contributed by atoms with van der Waals surface area (Å²) in [5, 5.41) is 5.61. The zero-order valence-electron chi connectivity index (χ0n) is 16.6. The molecule has 0 aliphatic rings. The molecule has 2 aromatic carbocycles. The molecule has 2 rings (SSSR count). The molecule has 0 saturated heterocycles. The number of nitrogens with zero attached hydrogens (tertiary/aromatic N) is 1. The highest BCUT2D eigenvalue weighted by molar-refractivity contribution is 9.10. The Kier molecular flexibility index (Phi) is 9.63. The summed E-state index contributed by atoms with van der Waals surface area (Å²) in [5.74, 6) is 1.09. The monoisotopic (exact) mass is 463 g/mol. The van der Waals surface area contributed by atoms with Gasteiger partial charge in [0.15, 0.2) is 0 Å². The lowest BCUT2D eigenvalue weighted by Crippen LogP contribution is -2.39. The number of nitrogens with one attached hydrogen (secondary N) is 2. The number of methoxy groups -OCH3 is 1. The van der Waals surface area contributed by atoms with Crippen molar-refractivity contribution in [2.75, 3.05) is 45.7 Å². The van der Waals surface area contributed by atoms with Crippen molar-refractivity contribution < 1.29 is 19.1 Å². The molecule has 0 heterocycles. The van der Waals surface area contributed by atoms with E-state index >= 15 is 0 Å². The van der Waals surface area contributed by atoms with Gasteiger partial charge in [-0.3, -0.25) is 14.5 Å². The molecular formula is C21H26BrN3O4. The van der Waals surface area contributed by atoms with E-state index in [1.807, 2.05) is 24.3 Å². The molecule has 0 spiro atoms. The van der Waals surface area contributed by atoms with E-state index in [4.69, 9.17) is 9.47 Å². The van der Waals surface area contributed by atoms with E-state index in [9.17, 15) is 9.59 Å². The Labute approximate surface area is 179 Å². The van der Waals surface area contributed by atoms with Gasteiger partial charge in [-0.05, 0) is 62.0 Å². The zero-order valence-corrected chi connectivity index (χ0v) is 18.2. The van der Waals surface area contributed by atoms with Gasteiger partial charge in [0.25, 0.3) is 0 Å². The van der Waals surface area contributed by atoms with E-state index in [2.05, 4.69) is 26.6 Å². The molecule has 2 N–H and O–H groups in total. The summed E-state index contributed by atoms with van der Waals surface area (Å²) >= 11 is 3.38. The molecule has 0 aliphatic carbocycles. The van der Waals surface area contributed by atoms with E-state index in [0.717, 1.165) is 16.6 Å². The van der Waals surface area contributed by atoms with Crippen molar-refractivity contribution in [2.45, 2.75) is 6.42 Å². The maximum absolute atomic E-state index is 12.2. The number of carbonyl (C=O) groups is 2. The first-order chi connectivity index (χ1) is 14.0. The highest BCUT2D eigenvalue weighted by Crippen LogP contribution is 2.24. The number of amides is 2. The standard InChI is InChI=1S/C21H26BrN3O4/c1-25(14-20(26)23-12-3-13-28-2)15-21(27)24-17-6-10-19(11-7-17)29-18-8-4-16(22)5-9-18/h4-11H,3,12-15H2,1-2H3,(H,23,26)(H,24,27). The van der Waals surface area contributed by atoms with Crippen molar-refractivity contribution in [1.82, 2.24) is 10.2 Å². The normalized spacial score (nSPS) is 10.6. The molecule has 0 fully saturated rings. The van der Waals surface area contributed by atoms with Gasteiger partial charge in [0.05, 0.1) is 13.1 Å². The van der Waals surface area contributed by atoms with Gasteiger partial charge in [0.2, 0.25) is 11.8 Å². The predicted octanol–water partition coefficient (Wildman–Crippen LogP) is 3.26. The Morgan fingerprint density at radius 2 is 1.55 bits per heavy atom. The van der Waals surface area contributed by atoms with Crippen molar-refractivity contribution in [3.63, 3.8) is 0 Å². The number of carbonyl (C=O) groups excluding carboxylic acids is 2. The number of rotatable bonds is 11. The van der Waals surface area contributed by atoms with E-state index in [-0.39, 0.29) is 24.9 Å². The molecule has 2 amide bonds. The second kappa shape index (κ2) is 12.2. The maximum atomic E-state index is 12.2. The lowest BCUT2D eigenvalue weighted by molar-refractivity contribution is -0.123. The van der Waals surface area contributed by atoms with Gasteiger partial charge in [-0.15, -0.1) is 0 Å². The van der Waals surface area contributed by atoms with Crippen molar-refractivity contribution in [3.8, 4) is 11.5 Å². The third-order valence-corrected chi connectivity index (χ3v) is 4.39. The summed E-state index contributed by atoms with van der Waals surface area (Å²) in [6.07, 6.45) is 0.758. The van der Waals surface area contributed by atoms with E-state index in [1.54, 1.807) is 43.3 Å². The SMILES string of the molecule is COCCCNC(=O)CN(C)CC(=O)Nc1ccc(Oc2ccc(Br)cc2)cc1. The number of ether oxygens (including phenoxy) is 2. The van der Waals surface area contributed by atoms with Crippen LogP contribution in [0, 0.1) is 0 Å². The minimum atomic E-state index is -0.193. The first-order valence-corrected chi connectivity index (χ1v) is 10.0. The Morgan fingerprint density at radius 1 is 0.966 bits per heavy atom. The number of halogens is 1. The maximum Gasteiger partial charge on any atom is 0.238 e. The molecule has 0 atom stereocenters. The van der Waals surface area contributed by atoms with Crippen LogP contribution in [0.2, 0.25) is 0 Å². The lowest BCUT2D eigenvalue weighted by atomic mass is 10.3. The highest BCUT2D eigenvalue weighted by Gasteiger charge is 2.11. The first kappa shape index (κ1) is 22.9. The van der Waals surface area contributed by atoms with Crippen molar-refractivity contribution in [1.29, 1.82) is 0 Å². The summed E-state index contributed by atoms with van der Waals surface area (Å²) < 4.78 is 11.7. The number of benzene rings is 2. The molecule has 2 aromatic rings. The summed E-state index contributed by atoms with van der Waals surface area (Å²) in [7, 11) is 3.35. The highest BCUT2D eigenvalue weighted by atomic mass is 79.9. The van der Waals surface area contributed by atoms with Gasteiger partial charge >= 0.3 is 0 Å². The van der Waals surface area contributed by atoms with Gasteiger partial charge < -0.3 is 20.1 Å². The van der Waals surface area contributed by atoms with E-state index in [0.29, 0.717) is 24.6 Å². The molecule has 156 valence electrons. The average molecular weight is 464 g/mol. The van der Waals surface area contributed by atoms with Gasteiger partial charge in [-0.25, -0.2) is 0 Å². The summed E-state index contributed by atoms with van der Waals surface area (Å²) in [6.45, 7) is 1.43. The van der Waals surface area contributed by atoms with Crippen LogP contribution in [0.5, 0.6) is 11.5 Å². The number of hydrogen-bond acceptors (Lipinski definition) is 5. The molecule has 0 saturated carbocycles. The second-order valence-corrected chi connectivity index (χ2v) is 7.41. The van der Waals surface area contributed by atoms with E-state index in [1.165, 1.54) is 0 Å². The Bertz CT molecular complexity index is 782. The smallest absolute Gasteiger partial charge is 0.238 e. The zero-order chi connectivity index (χ0) is 21.1. The average Bonchev–Trinajstić information content (AvgIpc) is 2.68.